The largest absolute Gasteiger partial charge is 0.485 e. The maximum atomic E-state index is 6.65. The fourth-order valence-electron chi connectivity index (χ4n) is 8.24. The van der Waals surface area contributed by atoms with E-state index in [1.807, 2.05) is 0 Å². The molecular weight excluding hydrogens is 534 g/mol. The van der Waals surface area contributed by atoms with Gasteiger partial charge < -0.3 is 9.64 Å². The van der Waals surface area contributed by atoms with Crippen LogP contribution in [-0.2, 0) is 10.8 Å². The summed E-state index contributed by atoms with van der Waals surface area (Å²) in [6, 6.07) is 40.2. The van der Waals surface area contributed by atoms with Crippen molar-refractivity contribution in [3.63, 3.8) is 0 Å². The third-order valence-electron chi connectivity index (χ3n) is 10.6. The molecule has 0 radical (unpaired) electrons. The summed E-state index contributed by atoms with van der Waals surface area (Å²) in [6.45, 7) is 9.41. The van der Waals surface area contributed by atoms with Crippen molar-refractivity contribution in [1.82, 2.24) is 0 Å². The number of fused-ring (bicyclic) bond motifs is 9. The number of ether oxygens (including phenoxy) is 1. The highest BCUT2D eigenvalue weighted by Crippen LogP contribution is 2.54. The summed E-state index contributed by atoms with van der Waals surface area (Å²) in [4.78, 5) is 2.42. The molecule has 0 aromatic heterocycles. The topological polar surface area (TPSA) is 12.5 Å². The van der Waals surface area contributed by atoms with Crippen molar-refractivity contribution in [3.05, 3.63) is 155 Å². The fraction of sp³-hybridized carbons (Fsp3) is 0.190. The highest BCUT2D eigenvalue weighted by molar-refractivity contribution is 5.90. The summed E-state index contributed by atoms with van der Waals surface area (Å²) in [5, 5.41) is 0. The summed E-state index contributed by atoms with van der Waals surface area (Å²) >= 11 is 0. The van der Waals surface area contributed by atoms with E-state index in [1.165, 1.54) is 67.0 Å². The van der Waals surface area contributed by atoms with Gasteiger partial charge in [0.1, 0.15) is 11.9 Å². The molecule has 4 aliphatic rings. The minimum absolute atomic E-state index is 0.0423. The number of hydrogen-bond donors (Lipinski definition) is 0. The molecule has 0 saturated heterocycles. The molecule has 2 heteroatoms. The first-order valence-corrected chi connectivity index (χ1v) is 15.8. The van der Waals surface area contributed by atoms with Crippen LogP contribution in [0.15, 0.2) is 127 Å². The first-order valence-electron chi connectivity index (χ1n) is 15.8. The van der Waals surface area contributed by atoms with Crippen molar-refractivity contribution in [1.29, 1.82) is 0 Å². The summed E-state index contributed by atoms with van der Waals surface area (Å²) in [7, 11) is 0. The summed E-state index contributed by atoms with van der Waals surface area (Å²) < 4.78 is 6.65. The normalized spacial score (nSPS) is 19.0. The van der Waals surface area contributed by atoms with E-state index in [-0.39, 0.29) is 16.9 Å². The van der Waals surface area contributed by atoms with Gasteiger partial charge in [-0.1, -0.05) is 107 Å². The standard InChI is InChI=1S/C42H35NO/c1-41(2)35-16-10-8-14-29(35)31-20-18-28(23-37(31)41)43(26-12-6-5-7-13-26)27-19-21-39-33(22-27)34-24-38-32(25-40(34)44-39)30-15-9-11-17-36(30)42(38,3)4/h5-20,22-25,39H,21H2,1-4H3. The molecule has 0 spiro atoms. The molecule has 3 aliphatic carbocycles. The zero-order valence-electron chi connectivity index (χ0n) is 25.7. The van der Waals surface area contributed by atoms with Crippen molar-refractivity contribution in [2.75, 3.05) is 4.90 Å². The number of benzene rings is 5. The minimum Gasteiger partial charge on any atom is -0.485 e. The molecule has 44 heavy (non-hydrogen) atoms. The molecule has 1 unspecified atom stereocenters. The summed E-state index contributed by atoms with van der Waals surface area (Å²) in [5.41, 5.74) is 16.8. The number of allylic oxidation sites excluding steroid dienone is 1. The van der Waals surface area contributed by atoms with E-state index in [1.54, 1.807) is 0 Å². The van der Waals surface area contributed by atoms with Crippen molar-refractivity contribution in [3.8, 4) is 28.0 Å². The molecule has 0 saturated carbocycles. The Hall–Kier alpha value is -4.82. The van der Waals surface area contributed by atoms with Crippen molar-refractivity contribution >= 4 is 16.9 Å². The third-order valence-corrected chi connectivity index (χ3v) is 10.6. The van der Waals surface area contributed by atoms with Gasteiger partial charge in [0.25, 0.3) is 0 Å². The Labute approximate surface area is 260 Å². The average molecular weight is 570 g/mol. The molecule has 1 heterocycles. The molecular formula is C42H35NO. The van der Waals surface area contributed by atoms with E-state index in [2.05, 4.69) is 154 Å². The molecule has 1 aliphatic heterocycles. The molecule has 9 rings (SSSR count). The van der Waals surface area contributed by atoms with Gasteiger partial charge in [0.05, 0.1) is 0 Å². The Morgan fingerprint density at radius 2 is 1.18 bits per heavy atom. The number of hydrogen-bond acceptors (Lipinski definition) is 2. The monoisotopic (exact) mass is 569 g/mol. The first kappa shape index (κ1) is 25.7. The predicted octanol–water partition coefficient (Wildman–Crippen LogP) is 10.6. The quantitative estimate of drug-likeness (QED) is 0.214. The van der Waals surface area contributed by atoms with Crippen LogP contribution < -0.4 is 9.64 Å². The molecule has 1 atom stereocenters. The lowest BCUT2D eigenvalue weighted by atomic mass is 9.81. The number of nitrogens with zero attached hydrogens (tertiary/aromatic N) is 1. The van der Waals surface area contributed by atoms with Crippen LogP contribution in [0.2, 0.25) is 0 Å². The van der Waals surface area contributed by atoms with E-state index >= 15 is 0 Å². The molecule has 0 fully saturated rings. The Bertz CT molecular complexity index is 2080. The second-order valence-electron chi connectivity index (χ2n) is 13.7. The Morgan fingerprint density at radius 3 is 1.91 bits per heavy atom. The van der Waals surface area contributed by atoms with Crippen molar-refractivity contribution < 1.29 is 4.74 Å². The first-order chi connectivity index (χ1) is 21.3. The fourth-order valence-corrected chi connectivity index (χ4v) is 8.24. The van der Waals surface area contributed by atoms with E-state index in [0.29, 0.717) is 0 Å². The Morgan fingerprint density at radius 1 is 0.568 bits per heavy atom. The third kappa shape index (κ3) is 3.43. The number of anilines is 2. The van der Waals surface area contributed by atoms with Gasteiger partial charge in [-0.3, -0.25) is 0 Å². The van der Waals surface area contributed by atoms with Crippen LogP contribution in [0.25, 0.3) is 27.8 Å². The van der Waals surface area contributed by atoms with Gasteiger partial charge >= 0.3 is 0 Å². The molecule has 5 aromatic carbocycles. The van der Waals surface area contributed by atoms with Gasteiger partial charge in [-0.05, 0) is 87.0 Å². The van der Waals surface area contributed by atoms with E-state index < -0.39 is 0 Å². The minimum atomic E-state index is -0.0577. The van der Waals surface area contributed by atoms with E-state index in [4.69, 9.17) is 4.74 Å². The van der Waals surface area contributed by atoms with Gasteiger partial charge in [0.2, 0.25) is 0 Å². The molecule has 0 amide bonds. The van der Waals surface area contributed by atoms with Crippen LogP contribution in [0, 0.1) is 0 Å². The maximum absolute atomic E-state index is 6.65. The number of para-hydroxylation sites is 1. The zero-order chi connectivity index (χ0) is 29.8. The summed E-state index contributed by atoms with van der Waals surface area (Å²) in [6.07, 6.45) is 5.61. The lowest BCUT2D eigenvalue weighted by Crippen LogP contribution is -2.22. The predicted molar refractivity (Wildman–Crippen MR) is 182 cm³/mol. The highest BCUT2D eigenvalue weighted by atomic mass is 16.5. The smallest absolute Gasteiger partial charge is 0.128 e. The second-order valence-corrected chi connectivity index (χ2v) is 13.7. The molecule has 2 nitrogen and oxygen atoms in total. The van der Waals surface area contributed by atoms with Crippen LogP contribution in [0.4, 0.5) is 11.4 Å². The van der Waals surface area contributed by atoms with Crippen molar-refractivity contribution in [2.45, 2.75) is 51.0 Å². The summed E-state index contributed by atoms with van der Waals surface area (Å²) in [5.74, 6) is 1.01. The molecule has 5 aromatic rings. The van der Waals surface area contributed by atoms with Gasteiger partial charge in [-0.15, -0.1) is 0 Å². The lowest BCUT2D eigenvalue weighted by Gasteiger charge is -2.31. The molecule has 0 N–H and O–H groups in total. The number of rotatable bonds is 3. The van der Waals surface area contributed by atoms with Crippen molar-refractivity contribution in [2.24, 2.45) is 0 Å². The second kappa shape index (κ2) is 8.86. The van der Waals surface area contributed by atoms with Gasteiger partial charge in [0.15, 0.2) is 0 Å². The van der Waals surface area contributed by atoms with Crippen LogP contribution >= 0.6 is 0 Å². The average Bonchev–Trinajstić information content (AvgIpc) is 3.60. The van der Waals surface area contributed by atoms with E-state index in [9.17, 15) is 0 Å². The van der Waals surface area contributed by atoms with Crippen LogP contribution in [0.1, 0.15) is 61.9 Å². The molecule has 0 bridgehead atoms. The van der Waals surface area contributed by atoms with E-state index in [0.717, 1.165) is 17.9 Å². The van der Waals surface area contributed by atoms with Crippen LogP contribution in [-0.4, -0.2) is 6.10 Å². The lowest BCUT2D eigenvalue weighted by molar-refractivity contribution is 0.278. The van der Waals surface area contributed by atoms with Crippen LogP contribution in [0.3, 0.4) is 0 Å². The van der Waals surface area contributed by atoms with Gasteiger partial charge in [-0.2, -0.15) is 0 Å². The Kier molecular flexibility index (Phi) is 5.17. The highest BCUT2D eigenvalue weighted by Gasteiger charge is 2.40. The Balaban J connectivity index is 1.17. The van der Waals surface area contributed by atoms with Crippen LogP contribution in [0.5, 0.6) is 5.75 Å². The zero-order valence-corrected chi connectivity index (χ0v) is 25.7. The SMILES string of the molecule is CC1(C)c2ccccc2-c2ccc(N(C3=CCC4Oc5cc6c(cc5C4=C3)C(C)(C)c3ccccc3-6)c3ccccc3)cc21. The van der Waals surface area contributed by atoms with Gasteiger partial charge in [-0.25, -0.2) is 0 Å². The van der Waals surface area contributed by atoms with Gasteiger partial charge in [0, 0.05) is 45.5 Å². The molecule has 214 valence electrons. The maximum Gasteiger partial charge on any atom is 0.128 e.